The molecular weight excluding hydrogens is 404 g/mol. The third-order valence-electron chi connectivity index (χ3n) is 9.15. The normalized spacial score (nSPS) is 51.1. The molecule has 0 spiro atoms. The number of fused-ring (bicyclic) bond motifs is 5. The molecule has 1 heterocycles. The van der Waals surface area contributed by atoms with Crippen LogP contribution in [0.1, 0.15) is 54.4 Å². The highest BCUT2D eigenvalue weighted by Gasteiger charge is 2.75. The van der Waals surface area contributed by atoms with Gasteiger partial charge in [0.2, 0.25) is 0 Å². The summed E-state index contributed by atoms with van der Waals surface area (Å²) in [5.74, 6) is -2.50. The minimum absolute atomic E-state index is 0.0629. The van der Waals surface area contributed by atoms with Gasteiger partial charge in [-0.1, -0.05) is 27.7 Å². The summed E-state index contributed by atoms with van der Waals surface area (Å²) in [4.78, 5) is 26.2. The zero-order valence-corrected chi connectivity index (χ0v) is 19.0. The van der Waals surface area contributed by atoms with Crippen LogP contribution < -0.4 is 0 Å². The fraction of sp³-hybridized carbons (Fsp3) is 0.826. The van der Waals surface area contributed by atoms with Gasteiger partial charge in [-0.2, -0.15) is 0 Å². The van der Waals surface area contributed by atoms with E-state index in [2.05, 4.69) is 0 Å². The quantitative estimate of drug-likeness (QED) is 0.343. The second kappa shape index (κ2) is 6.60. The Morgan fingerprint density at radius 2 is 1.81 bits per heavy atom. The van der Waals surface area contributed by atoms with Crippen LogP contribution in [0.4, 0.5) is 0 Å². The van der Waals surface area contributed by atoms with Gasteiger partial charge in [-0.15, -0.1) is 0 Å². The number of carbonyl (C=O) groups excluding carboxylic acids is 2. The van der Waals surface area contributed by atoms with Gasteiger partial charge in [-0.05, 0) is 30.4 Å². The van der Waals surface area contributed by atoms with Gasteiger partial charge in [0, 0.05) is 30.1 Å². The summed E-state index contributed by atoms with van der Waals surface area (Å²) in [5.41, 5.74) is -5.18. The third kappa shape index (κ3) is 2.60. The second-order valence-electron chi connectivity index (χ2n) is 10.9. The van der Waals surface area contributed by atoms with Gasteiger partial charge in [0.05, 0.1) is 18.8 Å². The van der Waals surface area contributed by atoms with E-state index in [-0.39, 0.29) is 24.5 Å². The maximum Gasteiger partial charge on any atom is 0.303 e. The summed E-state index contributed by atoms with van der Waals surface area (Å²) >= 11 is 0. The van der Waals surface area contributed by atoms with Crippen molar-refractivity contribution in [2.75, 3.05) is 6.61 Å². The van der Waals surface area contributed by atoms with Crippen molar-refractivity contribution in [3.63, 3.8) is 0 Å². The van der Waals surface area contributed by atoms with E-state index < -0.39 is 64.1 Å². The van der Waals surface area contributed by atoms with Crippen molar-refractivity contribution in [2.45, 2.75) is 90.0 Å². The second-order valence-corrected chi connectivity index (χ2v) is 10.9. The summed E-state index contributed by atoms with van der Waals surface area (Å²) < 4.78 is 11.4. The van der Waals surface area contributed by atoms with Crippen molar-refractivity contribution in [3.8, 4) is 0 Å². The Morgan fingerprint density at radius 1 is 1.19 bits per heavy atom. The minimum Gasteiger partial charge on any atom is -0.459 e. The number of Topliss-reactive ketones (excluding diaryl/α,β-unsaturated/α-hetero) is 1. The molecule has 4 aliphatic rings. The molecule has 3 fully saturated rings. The zero-order valence-electron chi connectivity index (χ0n) is 19.0. The number of ether oxygens (including phenoxy) is 2. The third-order valence-corrected chi connectivity index (χ3v) is 9.15. The number of esters is 1. The number of aliphatic hydroxyl groups is 4. The molecule has 0 aromatic rings. The molecule has 0 aromatic heterocycles. The molecule has 0 amide bonds. The Morgan fingerprint density at radius 3 is 2.32 bits per heavy atom. The molecule has 8 nitrogen and oxygen atoms in total. The molecule has 0 aromatic carbocycles. The maximum absolute atomic E-state index is 13.9. The molecule has 4 rings (SSSR count). The number of rotatable bonds is 1. The maximum atomic E-state index is 13.9. The summed E-state index contributed by atoms with van der Waals surface area (Å²) in [7, 11) is 0. The van der Waals surface area contributed by atoms with Crippen LogP contribution in [-0.4, -0.2) is 74.4 Å². The fourth-order valence-corrected chi connectivity index (χ4v) is 6.98. The first-order valence-electron chi connectivity index (χ1n) is 11.0. The van der Waals surface area contributed by atoms with Gasteiger partial charge in [0.25, 0.3) is 0 Å². The van der Waals surface area contributed by atoms with E-state index in [0.717, 1.165) is 0 Å². The van der Waals surface area contributed by atoms with Crippen LogP contribution in [0.5, 0.6) is 0 Å². The molecular formula is C23H34O8. The van der Waals surface area contributed by atoms with Crippen LogP contribution in [-0.2, 0) is 19.1 Å². The van der Waals surface area contributed by atoms with E-state index in [1.54, 1.807) is 27.7 Å². The molecule has 2 unspecified atom stereocenters. The Balaban J connectivity index is 2.06. The Labute approximate surface area is 182 Å². The highest BCUT2D eigenvalue weighted by atomic mass is 16.6. The van der Waals surface area contributed by atoms with Gasteiger partial charge < -0.3 is 29.9 Å². The molecule has 4 N–H and O–H groups in total. The minimum atomic E-state index is -1.84. The van der Waals surface area contributed by atoms with E-state index in [4.69, 9.17) is 9.47 Å². The van der Waals surface area contributed by atoms with E-state index in [0.29, 0.717) is 12.0 Å². The van der Waals surface area contributed by atoms with E-state index in [1.165, 1.54) is 6.92 Å². The molecule has 1 saturated heterocycles. The standard InChI is InChI=1S/C23H34O8/c1-10-7-14-22(28,9-30-14)17-19(31-12(3)24)23(29)8-13(25)11(2)15(20(23,4)5)16(26)18(27)21(10,17)6/h10,13-14,16-17,19,25-26,28-29H,7-9H2,1-6H3/t10-,13-,14+,16+,17?,19?,21+,22-,23+/m0/s1. The zero-order chi connectivity index (χ0) is 23.3. The Bertz CT molecular complexity index is 864. The lowest BCUT2D eigenvalue weighted by Crippen LogP contribution is -2.80. The number of carbonyl (C=O) groups is 2. The van der Waals surface area contributed by atoms with Gasteiger partial charge in [-0.25, -0.2) is 0 Å². The molecule has 9 atom stereocenters. The number of ketones is 1. The highest BCUT2D eigenvalue weighted by molar-refractivity contribution is 5.93. The highest BCUT2D eigenvalue weighted by Crippen LogP contribution is 2.64. The van der Waals surface area contributed by atoms with Gasteiger partial charge in [0.1, 0.15) is 23.4 Å². The van der Waals surface area contributed by atoms with Crippen LogP contribution in [0.2, 0.25) is 0 Å². The SMILES string of the molecule is CC(=O)OC1C2[C@]3(O)CO[C@@H]3C[C@H](C)[C@@]2(C)C(=O)[C@H](O)C2=C(C)[C@@H](O)C[C@]1(O)C2(C)C. The van der Waals surface area contributed by atoms with Crippen LogP contribution in [0.15, 0.2) is 11.1 Å². The largest absolute Gasteiger partial charge is 0.459 e. The van der Waals surface area contributed by atoms with Crippen molar-refractivity contribution >= 4 is 11.8 Å². The van der Waals surface area contributed by atoms with Crippen molar-refractivity contribution in [1.29, 1.82) is 0 Å². The summed E-state index contributed by atoms with van der Waals surface area (Å²) in [5, 5.41) is 46.0. The van der Waals surface area contributed by atoms with Crippen molar-refractivity contribution in [3.05, 3.63) is 11.1 Å². The Kier molecular flexibility index (Phi) is 4.87. The van der Waals surface area contributed by atoms with E-state index in [1.807, 2.05) is 6.92 Å². The molecule has 0 radical (unpaired) electrons. The molecule has 31 heavy (non-hydrogen) atoms. The van der Waals surface area contributed by atoms with E-state index >= 15 is 0 Å². The number of hydrogen-bond acceptors (Lipinski definition) is 8. The van der Waals surface area contributed by atoms with Crippen molar-refractivity contribution < 1.29 is 39.5 Å². The van der Waals surface area contributed by atoms with Crippen molar-refractivity contribution in [2.24, 2.45) is 22.7 Å². The summed E-state index contributed by atoms with van der Waals surface area (Å²) in [6, 6.07) is 0. The molecule has 174 valence electrons. The topological polar surface area (TPSA) is 134 Å². The van der Waals surface area contributed by atoms with E-state index in [9.17, 15) is 30.0 Å². The first-order chi connectivity index (χ1) is 14.1. The summed E-state index contributed by atoms with van der Waals surface area (Å²) in [6.45, 7) is 9.69. The molecule has 3 aliphatic carbocycles. The smallest absolute Gasteiger partial charge is 0.303 e. The van der Waals surface area contributed by atoms with Crippen LogP contribution in [0, 0.1) is 22.7 Å². The lowest BCUT2D eigenvalue weighted by atomic mass is 9.43. The number of aliphatic hydroxyl groups excluding tert-OH is 2. The first kappa shape index (κ1) is 22.9. The van der Waals surface area contributed by atoms with Gasteiger partial charge >= 0.3 is 5.97 Å². The first-order valence-corrected chi connectivity index (χ1v) is 11.0. The predicted octanol–water partition coefficient (Wildman–Crippen LogP) is 0.492. The molecule has 2 saturated carbocycles. The molecule has 8 heteroatoms. The molecule has 1 aliphatic heterocycles. The lowest BCUT2D eigenvalue weighted by molar-refractivity contribution is -0.339. The predicted molar refractivity (Wildman–Crippen MR) is 109 cm³/mol. The van der Waals surface area contributed by atoms with Crippen LogP contribution >= 0.6 is 0 Å². The van der Waals surface area contributed by atoms with Gasteiger partial charge in [-0.3, -0.25) is 9.59 Å². The fourth-order valence-electron chi connectivity index (χ4n) is 6.98. The van der Waals surface area contributed by atoms with Crippen LogP contribution in [0.25, 0.3) is 0 Å². The van der Waals surface area contributed by atoms with Crippen LogP contribution in [0.3, 0.4) is 0 Å². The summed E-state index contributed by atoms with van der Waals surface area (Å²) in [6.07, 6.45) is -4.32. The molecule has 2 bridgehead atoms. The van der Waals surface area contributed by atoms with Gasteiger partial charge in [0.15, 0.2) is 5.78 Å². The lowest BCUT2D eigenvalue weighted by Gasteiger charge is -2.67. The van der Waals surface area contributed by atoms with Crippen molar-refractivity contribution in [1.82, 2.24) is 0 Å². The Hall–Kier alpha value is -1.32. The monoisotopic (exact) mass is 438 g/mol. The number of hydrogen-bond donors (Lipinski definition) is 4. The average Bonchev–Trinajstić information content (AvgIpc) is 2.66. The average molecular weight is 439 g/mol.